The van der Waals surface area contributed by atoms with Gasteiger partial charge in [0.15, 0.2) is 0 Å². The normalized spacial score (nSPS) is 21.2. The van der Waals surface area contributed by atoms with Gasteiger partial charge in [-0.2, -0.15) is 0 Å². The molecule has 0 saturated carbocycles. The highest BCUT2D eigenvalue weighted by atomic mass is 32.2. The molecule has 3 N–H and O–H groups in total. The summed E-state index contributed by atoms with van der Waals surface area (Å²) in [4.78, 5) is 25.1. The molecule has 1 aromatic carbocycles. The summed E-state index contributed by atoms with van der Waals surface area (Å²) in [5.41, 5.74) is 2.05. The highest BCUT2D eigenvalue weighted by Crippen LogP contribution is 2.27. The van der Waals surface area contributed by atoms with E-state index in [1.807, 2.05) is 24.4 Å². The van der Waals surface area contributed by atoms with Crippen molar-refractivity contribution in [2.45, 2.75) is 17.5 Å². The summed E-state index contributed by atoms with van der Waals surface area (Å²) in [5, 5.41) is 10.4. The first-order chi connectivity index (χ1) is 12.2. The third-order valence-electron chi connectivity index (χ3n) is 4.63. The molecule has 2 aromatic heterocycles. The molecular weight excluding hydrogens is 336 g/mol. The van der Waals surface area contributed by atoms with Crippen molar-refractivity contribution in [3.05, 3.63) is 58.8 Å². The fourth-order valence-electron chi connectivity index (χ4n) is 3.32. The summed E-state index contributed by atoms with van der Waals surface area (Å²) in [5.74, 6) is 1.14. The monoisotopic (exact) mass is 356 g/mol. The largest absolute Gasteiger partial charge is 0.391 e. The number of aromatic amines is 2. The molecule has 2 atom stereocenters. The number of benzene rings is 1. The first kappa shape index (κ1) is 16.4. The number of β-amino-alcohol motifs (C(OH)–C–C–N with tert-alkyl or cyclic N) is 1. The third-order valence-corrected chi connectivity index (χ3v) is 5.83. The van der Waals surface area contributed by atoms with Crippen molar-refractivity contribution >= 4 is 22.8 Å². The van der Waals surface area contributed by atoms with Crippen LogP contribution in [-0.2, 0) is 6.54 Å². The molecule has 3 heterocycles. The number of aliphatic hydroxyl groups excluding tert-OH is 1. The van der Waals surface area contributed by atoms with Crippen LogP contribution in [0.25, 0.3) is 11.0 Å². The minimum Gasteiger partial charge on any atom is -0.391 e. The number of aliphatic hydroxyl groups is 1. The first-order valence-corrected chi connectivity index (χ1v) is 9.31. The topological polar surface area (TPSA) is 85.0 Å². The van der Waals surface area contributed by atoms with Crippen LogP contribution in [0.5, 0.6) is 0 Å². The predicted octanol–water partition coefficient (Wildman–Crippen LogP) is 1.84. The van der Waals surface area contributed by atoms with Gasteiger partial charge in [0.2, 0.25) is 0 Å². The van der Waals surface area contributed by atoms with Crippen LogP contribution in [0.2, 0.25) is 0 Å². The number of thioether (sulfide) groups is 1. The Hall–Kier alpha value is -2.09. The molecule has 1 fully saturated rings. The van der Waals surface area contributed by atoms with Gasteiger partial charge in [0, 0.05) is 48.0 Å². The molecule has 7 heteroatoms. The summed E-state index contributed by atoms with van der Waals surface area (Å²) < 4.78 is 0. The number of hydrogen-bond acceptors (Lipinski definition) is 5. The lowest BCUT2D eigenvalue weighted by Crippen LogP contribution is -2.21. The lowest BCUT2D eigenvalue weighted by atomic mass is 10.1. The van der Waals surface area contributed by atoms with E-state index < -0.39 is 0 Å². The van der Waals surface area contributed by atoms with Gasteiger partial charge in [0.1, 0.15) is 5.52 Å². The van der Waals surface area contributed by atoms with E-state index in [0.29, 0.717) is 24.1 Å². The van der Waals surface area contributed by atoms with Crippen LogP contribution in [0.4, 0.5) is 0 Å². The number of aromatic nitrogens is 3. The third kappa shape index (κ3) is 3.49. The second-order valence-electron chi connectivity index (χ2n) is 6.41. The highest BCUT2D eigenvalue weighted by molar-refractivity contribution is 7.99. The molecule has 130 valence electrons. The van der Waals surface area contributed by atoms with Gasteiger partial charge in [0.05, 0.1) is 17.9 Å². The maximum atomic E-state index is 11.8. The van der Waals surface area contributed by atoms with Crippen molar-refractivity contribution in [2.24, 2.45) is 5.92 Å². The summed E-state index contributed by atoms with van der Waals surface area (Å²) in [6, 6.07) is 10.3. The summed E-state index contributed by atoms with van der Waals surface area (Å²) in [7, 11) is 0. The lowest BCUT2D eigenvalue weighted by molar-refractivity contribution is 0.149. The molecule has 3 aromatic rings. The number of H-pyrrole nitrogens is 2. The number of nitrogens with one attached hydrogen (secondary N) is 2. The van der Waals surface area contributed by atoms with Crippen molar-refractivity contribution < 1.29 is 5.11 Å². The highest BCUT2D eigenvalue weighted by Gasteiger charge is 2.31. The SMILES string of the molecule is O=c1[nH]cnc2c(CN3C[C@@H](CSc4ccccc4)[C@H](O)C3)c[nH]c12. The maximum absolute atomic E-state index is 11.8. The Labute approximate surface area is 149 Å². The van der Waals surface area contributed by atoms with Gasteiger partial charge < -0.3 is 15.1 Å². The predicted molar refractivity (Wildman–Crippen MR) is 98.7 cm³/mol. The van der Waals surface area contributed by atoms with Crippen molar-refractivity contribution in [3.63, 3.8) is 0 Å². The van der Waals surface area contributed by atoms with Gasteiger partial charge in [-0.1, -0.05) is 18.2 Å². The number of nitrogens with zero attached hydrogens (tertiary/aromatic N) is 2. The zero-order valence-electron chi connectivity index (χ0n) is 13.7. The van der Waals surface area contributed by atoms with Crippen molar-refractivity contribution in [1.82, 2.24) is 19.9 Å². The van der Waals surface area contributed by atoms with Crippen molar-refractivity contribution in [1.29, 1.82) is 0 Å². The summed E-state index contributed by atoms with van der Waals surface area (Å²) in [6.45, 7) is 2.17. The van der Waals surface area contributed by atoms with Gasteiger partial charge in [0.25, 0.3) is 5.56 Å². The Morgan fingerprint density at radius 2 is 2.08 bits per heavy atom. The van der Waals surface area contributed by atoms with E-state index in [-0.39, 0.29) is 17.6 Å². The van der Waals surface area contributed by atoms with Crippen LogP contribution in [0.3, 0.4) is 0 Å². The Balaban J connectivity index is 1.41. The van der Waals surface area contributed by atoms with Gasteiger partial charge >= 0.3 is 0 Å². The smallest absolute Gasteiger partial charge is 0.275 e. The van der Waals surface area contributed by atoms with Crippen molar-refractivity contribution in [3.8, 4) is 0 Å². The molecule has 0 spiro atoms. The summed E-state index contributed by atoms with van der Waals surface area (Å²) >= 11 is 1.79. The zero-order valence-corrected chi connectivity index (χ0v) is 14.5. The van der Waals surface area contributed by atoms with E-state index in [1.54, 1.807) is 11.8 Å². The van der Waals surface area contributed by atoms with Gasteiger partial charge in [-0.15, -0.1) is 11.8 Å². The maximum Gasteiger partial charge on any atom is 0.275 e. The molecule has 0 bridgehead atoms. The molecule has 1 saturated heterocycles. The fourth-order valence-corrected chi connectivity index (χ4v) is 4.40. The van der Waals surface area contributed by atoms with E-state index >= 15 is 0 Å². The molecule has 1 aliphatic rings. The van der Waals surface area contributed by atoms with Crippen molar-refractivity contribution in [2.75, 3.05) is 18.8 Å². The quantitative estimate of drug-likeness (QED) is 0.608. The van der Waals surface area contributed by atoms with E-state index in [4.69, 9.17) is 0 Å². The molecule has 4 rings (SSSR count). The molecule has 0 amide bonds. The number of hydrogen-bond donors (Lipinski definition) is 3. The van der Waals surface area contributed by atoms with Gasteiger partial charge in [-0.3, -0.25) is 9.69 Å². The molecule has 0 unspecified atom stereocenters. The molecule has 1 aliphatic heterocycles. The molecule has 6 nitrogen and oxygen atoms in total. The second-order valence-corrected chi connectivity index (χ2v) is 7.51. The Kier molecular flexibility index (Phi) is 4.61. The van der Waals surface area contributed by atoms with Crippen LogP contribution < -0.4 is 5.56 Å². The Morgan fingerprint density at radius 1 is 1.24 bits per heavy atom. The number of rotatable bonds is 5. The zero-order chi connectivity index (χ0) is 17.2. The average molecular weight is 356 g/mol. The first-order valence-electron chi connectivity index (χ1n) is 8.32. The minimum atomic E-state index is -0.321. The van der Waals surface area contributed by atoms with E-state index in [9.17, 15) is 9.90 Å². The van der Waals surface area contributed by atoms with Crippen LogP contribution in [0.1, 0.15) is 5.56 Å². The number of fused-ring (bicyclic) bond motifs is 1. The van der Waals surface area contributed by atoms with Gasteiger partial charge in [-0.05, 0) is 12.1 Å². The van der Waals surface area contributed by atoms with Crippen LogP contribution in [0, 0.1) is 5.92 Å². The lowest BCUT2D eigenvalue weighted by Gasteiger charge is -2.14. The number of likely N-dealkylation sites (tertiary alicyclic amines) is 1. The molecule has 0 aliphatic carbocycles. The average Bonchev–Trinajstić information content (AvgIpc) is 3.19. The Bertz CT molecular complexity index is 908. The van der Waals surface area contributed by atoms with Crippen LogP contribution in [-0.4, -0.2) is 49.9 Å². The van der Waals surface area contributed by atoms with Crippen LogP contribution >= 0.6 is 11.8 Å². The Morgan fingerprint density at radius 3 is 2.92 bits per heavy atom. The molecule has 0 radical (unpaired) electrons. The van der Waals surface area contributed by atoms with E-state index in [0.717, 1.165) is 17.9 Å². The minimum absolute atomic E-state index is 0.158. The van der Waals surface area contributed by atoms with Gasteiger partial charge in [-0.25, -0.2) is 4.98 Å². The molecular formula is C18H20N4O2S. The van der Waals surface area contributed by atoms with E-state index in [2.05, 4.69) is 32.0 Å². The molecule has 25 heavy (non-hydrogen) atoms. The summed E-state index contributed by atoms with van der Waals surface area (Å²) in [6.07, 6.45) is 2.95. The fraction of sp³-hybridized carbons (Fsp3) is 0.333. The standard InChI is InChI=1S/C18H20N4O2S/c23-15-9-22(8-13(15)10-25-14-4-2-1-3-5-14)7-12-6-19-17-16(12)20-11-21-18(17)24/h1-6,11,13,15,19,23H,7-10H2,(H,20,21,24)/t13-,15+/m0/s1. The van der Waals surface area contributed by atoms with E-state index in [1.165, 1.54) is 11.2 Å². The second kappa shape index (κ2) is 7.03. The van der Waals surface area contributed by atoms with Crippen LogP contribution in [0.15, 0.2) is 52.5 Å².